The molecule has 0 saturated carbocycles. The van der Waals surface area contributed by atoms with Gasteiger partial charge in [0.05, 0.1) is 5.52 Å². The minimum Gasteiger partial charge on any atom is -0.335 e. The summed E-state index contributed by atoms with van der Waals surface area (Å²) in [5.74, 6) is -0.258. The molecule has 2 aromatic rings. The van der Waals surface area contributed by atoms with Crippen LogP contribution in [0.15, 0.2) is 29.1 Å². The molecule has 116 valence electrons. The van der Waals surface area contributed by atoms with E-state index in [4.69, 9.17) is 0 Å². The molecule has 6 nitrogen and oxygen atoms in total. The molecule has 1 fully saturated rings. The van der Waals surface area contributed by atoms with Gasteiger partial charge in [-0.25, -0.2) is 0 Å². The molecule has 22 heavy (non-hydrogen) atoms. The van der Waals surface area contributed by atoms with Gasteiger partial charge in [-0.2, -0.15) is 5.10 Å². The van der Waals surface area contributed by atoms with Crippen LogP contribution in [0.1, 0.15) is 17.4 Å². The smallest absolute Gasteiger partial charge is 0.278 e. The van der Waals surface area contributed by atoms with Crippen molar-refractivity contribution in [1.29, 1.82) is 0 Å². The van der Waals surface area contributed by atoms with Gasteiger partial charge in [-0.1, -0.05) is 12.1 Å². The molecule has 0 aliphatic carbocycles. The number of rotatable bonds is 2. The van der Waals surface area contributed by atoms with E-state index in [1.807, 2.05) is 32.2 Å². The molecule has 1 aliphatic heterocycles. The van der Waals surface area contributed by atoms with Gasteiger partial charge in [-0.3, -0.25) is 14.3 Å². The van der Waals surface area contributed by atoms with Crippen molar-refractivity contribution in [2.24, 2.45) is 0 Å². The third-order valence-electron chi connectivity index (χ3n) is 4.16. The van der Waals surface area contributed by atoms with Crippen molar-refractivity contribution >= 4 is 16.8 Å². The molecular formula is C16H20N4O2. The first-order valence-corrected chi connectivity index (χ1v) is 7.59. The molecule has 0 radical (unpaired) electrons. The summed E-state index contributed by atoms with van der Waals surface area (Å²) in [6.45, 7) is 5.48. The van der Waals surface area contributed by atoms with Crippen LogP contribution in [0.3, 0.4) is 0 Å². The van der Waals surface area contributed by atoms with Crippen molar-refractivity contribution in [3.05, 3.63) is 40.2 Å². The molecule has 1 amide bonds. The number of amides is 1. The highest BCUT2D eigenvalue weighted by molar-refractivity contribution is 5.95. The zero-order valence-electron chi connectivity index (χ0n) is 13.0. The van der Waals surface area contributed by atoms with Gasteiger partial charge in [0.15, 0.2) is 5.69 Å². The summed E-state index contributed by atoms with van der Waals surface area (Å²) in [5.41, 5.74) is 0.527. The maximum absolute atomic E-state index is 12.7. The van der Waals surface area contributed by atoms with Gasteiger partial charge in [-0.05, 0) is 26.1 Å². The van der Waals surface area contributed by atoms with E-state index in [1.165, 1.54) is 0 Å². The first-order valence-electron chi connectivity index (χ1n) is 7.59. The monoisotopic (exact) mass is 300 g/mol. The Hall–Kier alpha value is -2.21. The number of carbonyl (C=O) groups is 1. The number of hydrogen-bond donors (Lipinski definition) is 0. The second kappa shape index (κ2) is 5.88. The second-order valence-electron chi connectivity index (χ2n) is 5.61. The van der Waals surface area contributed by atoms with Gasteiger partial charge in [0.2, 0.25) is 5.43 Å². The van der Waals surface area contributed by atoms with Gasteiger partial charge in [0.1, 0.15) is 0 Å². The van der Waals surface area contributed by atoms with Crippen LogP contribution in [-0.2, 0) is 6.54 Å². The molecule has 0 N–H and O–H groups in total. The minimum absolute atomic E-state index is 0.0325. The molecule has 6 heteroatoms. The van der Waals surface area contributed by atoms with E-state index < -0.39 is 0 Å². The number of fused-ring (bicyclic) bond motifs is 1. The number of piperazine rings is 1. The third-order valence-corrected chi connectivity index (χ3v) is 4.16. The SMILES string of the molecule is CCn1nc(C(=O)N2CCN(C)CC2)c(=O)c2ccccc21. The Labute approximate surface area is 128 Å². The quantitative estimate of drug-likeness (QED) is 0.823. The lowest BCUT2D eigenvalue weighted by Gasteiger charge is -2.32. The van der Waals surface area contributed by atoms with Gasteiger partial charge >= 0.3 is 0 Å². The number of aromatic nitrogens is 2. The lowest BCUT2D eigenvalue weighted by molar-refractivity contribution is 0.0654. The van der Waals surface area contributed by atoms with E-state index >= 15 is 0 Å². The highest BCUT2D eigenvalue weighted by atomic mass is 16.2. The number of aryl methyl sites for hydroxylation is 1. The zero-order chi connectivity index (χ0) is 15.7. The Morgan fingerprint density at radius 1 is 1.18 bits per heavy atom. The number of para-hydroxylation sites is 1. The molecule has 3 rings (SSSR count). The number of benzene rings is 1. The molecule has 0 atom stereocenters. The Kier molecular flexibility index (Phi) is 3.94. The lowest BCUT2D eigenvalue weighted by atomic mass is 10.2. The summed E-state index contributed by atoms with van der Waals surface area (Å²) in [5, 5.41) is 4.87. The van der Waals surface area contributed by atoms with Crippen molar-refractivity contribution < 1.29 is 4.79 Å². The first kappa shape index (κ1) is 14.7. The van der Waals surface area contributed by atoms with Gasteiger partial charge in [0, 0.05) is 38.1 Å². The lowest BCUT2D eigenvalue weighted by Crippen LogP contribution is -2.48. The number of nitrogens with zero attached hydrogens (tertiary/aromatic N) is 4. The normalized spacial score (nSPS) is 16.2. The minimum atomic E-state index is -0.274. The van der Waals surface area contributed by atoms with Gasteiger partial charge < -0.3 is 9.80 Å². The van der Waals surface area contributed by atoms with Crippen LogP contribution in [0.25, 0.3) is 10.9 Å². The topological polar surface area (TPSA) is 58.4 Å². The summed E-state index contributed by atoms with van der Waals surface area (Å²) >= 11 is 0. The third kappa shape index (κ3) is 2.50. The summed E-state index contributed by atoms with van der Waals surface area (Å²) < 4.78 is 1.72. The van der Waals surface area contributed by atoms with E-state index in [1.54, 1.807) is 15.6 Å². The predicted octanol–water partition coefficient (Wildman–Crippen LogP) is 0.804. The van der Waals surface area contributed by atoms with Crippen molar-refractivity contribution in [3.8, 4) is 0 Å². The van der Waals surface area contributed by atoms with Crippen molar-refractivity contribution in [1.82, 2.24) is 19.6 Å². The number of likely N-dealkylation sites (N-methyl/N-ethyl adjacent to an activating group) is 1. The Balaban J connectivity index is 2.05. The van der Waals surface area contributed by atoms with Crippen LogP contribution in [0.4, 0.5) is 0 Å². The largest absolute Gasteiger partial charge is 0.335 e. The standard InChI is InChI=1S/C16H20N4O2/c1-3-20-13-7-5-4-6-12(13)15(21)14(17-20)16(22)19-10-8-18(2)9-11-19/h4-7H,3,8-11H2,1-2H3. The molecule has 1 aliphatic rings. The van der Waals surface area contributed by atoms with Crippen LogP contribution >= 0.6 is 0 Å². The Morgan fingerprint density at radius 2 is 1.86 bits per heavy atom. The summed E-state index contributed by atoms with van der Waals surface area (Å²) in [6, 6.07) is 7.30. The molecule has 0 bridgehead atoms. The average Bonchev–Trinajstić information content (AvgIpc) is 2.55. The fourth-order valence-corrected chi connectivity index (χ4v) is 2.78. The first-order chi connectivity index (χ1) is 10.6. The molecule has 1 aromatic heterocycles. The van der Waals surface area contributed by atoms with E-state index in [2.05, 4.69) is 10.00 Å². The van der Waals surface area contributed by atoms with Gasteiger partial charge in [0.25, 0.3) is 5.91 Å². The van der Waals surface area contributed by atoms with Crippen LogP contribution in [0.5, 0.6) is 0 Å². The molecule has 0 spiro atoms. The second-order valence-corrected chi connectivity index (χ2v) is 5.61. The Morgan fingerprint density at radius 3 is 2.55 bits per heavy atom. The van der Waals surface area contributed by atoms with Gasteiger partial charge in [-0.15, -0.1) is 0 Å². The molecule has 1 saturated heterocycles. The highest BCUT2D eigenvalue weighted by Gasteiger charge is 2.25. The maximum atomic E-state index is 12.7. The van der Waals surface area contributed by atoms with E-state index in [0.29, 0.717) is 25.0 Å². The van der Waals surface area contributed by atoms with Crippen molar-refractivity contribution in [3.63, 3.8) is 0 Å². The zero-order valence-corrected chi connectivity index (χ0v) is 13.0. The molecular weight excluding hydrogens is 280 g/mol. The average molecular weight is 300 g/mol. The van der Waals surface area contributed by atoms with Crippen LogP contribution < -0.4 is 5.43 Å². The predicted molar refractivity (Wildman–Crippen MR) is 85.1 cm³/mol. The van der Waals surface area contributed by atoms with Crippen molar-refractivity contribution in [2.75, 3.05) is 33.2 Å². The fourth-order valence-electron chi connectivity index (χ4n) is 2.78. The fraction of sp³-hybridized carbons (Fsp3) is 0.438. The van der Waals surface area contributed by atoms with Crippen LogP contribution in [0.2, 0.25) is 0 Å². The van der Waals surface area contributed by atoms with E-state index in [0.717, 1.165) is 18.6 Å². The highest BCUT2D eigenvalue weighted by Crippen LogP contribution is 2.11. The Bertz CT molecular complexity index is 760. The number of hydrogen-bond acceptors (Lipinski definition) is 4. The summed E-state index contributed by atoms with van der Waals surface area (Å²) in [6.07, 6.45) is 0. The summed E-state index contributed by atoms with van der Waals surface area (Å²) in [7, 11) is 2.03. The molecule has 2 heterocycles. The van der Waals surface area contributed by atoms with E-state index in [9.17, 15) is 9.59 Å². The maximum Gasteiger partial charge on any atom is 0.278 e. The van der Waals surface area contributed by atoms with E-state index in [-0.39, 0.29) is 17.0 Å². The number of carbonyl (C=O) groups excluding carboxylic acids is 1. The van der Waals surface area contributed by atoms with Crippen molar-refractivity contribution in [2.45, 2.75) is 13.5 Å². The van der Waals surface area contributed by atoms with Crippen LogP contribution in [0, 0.1) is 0 Å². The summed E-state index contributed by atoms with van der Waals surface area (Å²) in [4.78, 5) is 29.2. The molecule has 0 unspecified atom stereocenters. The van der Waals surface area contributed by atoms with Crippen LogP contribution in [-0.4, -0.2) is 58.7 Å². The molecule has 1 aromatic carbocycles.